The van der Waals surface area contributed by atoms with E-state index in [0.717, 1.165) is 31.2 Å². The molecule has 2 aliphatic heterocycles. The molecule has 0 aromatic heterocycles. The van der Waals surface area contributed by atoms with Crippen molar-refractivity contribution in [2.24, 2.45) is 0 Å². The van der Waals surface area contributed by atoms with Gasteiger partial charge in [0.2, 0.25) is 0 Å². The van der Waals surface area contributed by atoms with Gasteiger partial charge in [0.1, 0.15) is 0 Å². The predicted octanol–water partition coefficient (Wildman–Crippen LogP) is 6.14. The fourth-order valence-electron chi connectivity index (χ4n) is 3.56. The summed E-state index contributed by atoms with van der Waals surface area (Å²) in [6.45, 7) is 2.67. The van der Waals surface area contributed by atoms with Gasteiger partial charge in [0, 0.05) is 22.1 Å². The van der Waals surface area contributed by atoms with Crippen LogP contribution in [0.5, 0.6) is 0 Å². The van der Waals surface area contributed by atoms with Gasteiger partial charge in [-0.1, -0.05) is 42.0 Å². The van der Waals surface area contributed by atoms with E-state index in [2.05, 4.69) is 61.5 Å². The molecule has 5 heteroatoms. The van der Waals surface area contributed by atoms with Gasteiger partial charge in [0.05, 0.1) is 16.9 Å². The van der Waals surface area contributed by atoms with Gasteiger partial charge >= 0.3 is 0 Å². The van der Waals surface area contributed by atoms with E-state index in [1.54, 1.807) is 11.3 Å². The summed E-state index contributed by atoms with van der Waals surface area (Å²) in [5, 5.41) is 3.58. The van der Waals surface area contributed by atoms with E-state index in [1.165, 1.54) is 27.1 Å². The molecule has 0 saturated carbocycles. The molecule has 0 aromatic rings. The van der Waals surface area contributed by atoms with Gasteiger partial charge in [0.15, 0.2) is 0 Å². The largest absolute Gasteiger partial charge is 0.380 e. The fraction of sp³-hybridized carbons (Fsp3) is 0.364. The van der Waals surface area contributed by atoms with Gasteiger partial charge < -0.3 is 9.64 Å². The first-order valence-corrected chi connectivity index (χ1v) is 11.5. The molecular formula is C22H24ClNOS2. The predicted molar refractivity (Wildman–Crippen MR) is 120 cm³/mol. The molecule has 2 nitrogen and oxygen atoms in total. The average Bonchev–Trinajstić information content (AvgIpc) is 2.89. The molecule has 0 aromatic carbocycles. The van der Waals surface area contributed by atoms with Crippen molar-refractivity contribution >= 4 is 40.8 Å². The maximum Gasteiger partial charge on any atom is 0.0620 e. The Kier molecular flexibility index (Phi) is 6.10. The number of hydrogen-bond donors (Lipinski definition) is 0. The lowest BCUT2D eigenvalue weighted by molar-refractivity contribution is 0.132. The molecule has 2 heterocycles. The first-order chi connectivity index (χ1) is 13.1. The van der Waals surface area contributed by atoms with E-state index in [0.29, 0.717) is 10.5 Å². The summed E-state index contributed by atoms with van der Waals surface area (Å²) in [6, 6.07) is 4.40. The van der Waals surface area contributed by atoms with E-state index in [1.807, 2.05) is 17.1 Å². The lowest BCUT2D eigenvalue weighted by atomic mass is 10.0. The smallest absolute Gasteiger partial charge is 0.0620 e. The van der Waals surface area contributed by atoms with Crippen molar-refractivity contribution < 1.29 is 4.74 Å². The molecule has 2 unspecified atom stereocenters. The molecule has 0 bridgehead atoms. The highest BCUT2D eigenvalue weighted by molar-refractivity contribution is 8.00. The number of allylic oxidation sites excluding steroid dienone is 3. The number of thioether (sulfide) groups is 1. The normalized spacial score (nSPS) is 21.3. The van der Waals surface area contributed by atoms with Crippen molar-refractivity contribution in [1.82, 2.24) is 4.90 Å². The lowest BCUT2D eigenvalue weighted by Gasteiger charge is -2.26. The summed E-state index contributed by atoms with van der Waals surface area (Å²) in [5.74, 6) is 0. The first-order valence-electron chi connectivity index (χ1n) is 9.27. The Morgan fingerprint density at radius 3 is 2.96 bits per heavy atom. The molecule has 0 spiro atoms. The van der Waals surface area contributed by atoms with Gasteiger partial charge in [0.25, 0.3) is 0 Å². The Labute approximate surface area is 174 Å². The Morgan fingerprint density at radius 1 is 1.22 bits per heavy atom. The Balaban J connectivity index is 1.50. The third-order valence-corrected chi connectivity index (χ3v) is 7.69. The molecule has 2 aliphatic carbocycles. The Morgan fingerprint density at radius 2 is 2.11 bits per heavy atom. The topological polar surface area (TPSA) is 12.5 Å². The van der Waals surface area contributed by atoms with Crippen LogP contribution in [0.4, 0.5) is 0 Å². The summed E-state index contributed by atoms with van der Waals surface area (Å²) >= 11 is 9.95. The van der Waals surface area contributed by atoms with Crippen LogP contribution in [0, 0.1) is 0 Å². The zero-order valence-electron chi connectivity index (χ0n) is 15.7. The van der Waals surface area contributed by atoms with Crippen LogP contribution >= 0.6 is 34.7 Å². The quantitative estimate of drug-likeness (QED) is 0.523. The van der Waals surface area contributed by atoms with Crippen LogP contribution in [0.2, 0.25) is 5.02 Å². The third-order valence-electron chi connectivity index (χ3n) is 4.84. The molecule has 0 fully saturated rings. The fourth-order valence-corrected chi connectivity index (χ4v) is 6.02. The molecule has 0 amide bonds. The van der Waals surface area contributed by atoms with Crippen molar-refractivity contribution in [3.8, 4) is 10.4 Å². The highest BCUT2D eigenvalue weighted by Gasteiger charge is 2.29. The zero-order valence-corrected chi connectivity index (χ0v) is 18.0. The third kappa shape index (κ3) is 4.36. The summed E-state index contributed by atoms with van der Waals surface area (Å²) in [6.07, 6.45) is 12.3. The highest BCUT2D eigenvalue weighted by Crippen LogP contribution is 2.50. The maximum atomic E-state index is 6.22. The number of rotatable bonds is 6. The van der Waals surface area contributed by atoms with Gasteiger partial charge in [-0.15, -0.1) is 23.1 Å². The monoisotopic (exact) mass is 417 g/mol. The first kappa shape index (κ1) is 19.3. The second-order valence-electron chi connectivity index (χ2n) is 7.23. The minimum atomic E-state index is 0.355. The highest BCUT2D eigenvalue weighted by atomic mass is 35.5. The molecule has 0 radical (unpaired) electrons. The molecule has 4 aliphatic rings. The van der Waals surface area contributed by atoms with Crippen LogP contribution in [-0.4, -0.2) is 44.0 Å². The molecule has 0 N–H and O–H groups in total. The second-order valence-corrected chi connectivity index (χ2v) is 9.90. The number of ether oxygens (including phenoxy) is 1. The number of halogens is 1. The van der Waals surface area contributed by atoms with Gasteiger partial charge in [-0.05, 0) is 61.5 Å². The number of hydrogen-bond acceptors (Lipinski definition) is 4. The van der Waals surface area contributed by atoms with Crippen molar-refractivity contribution in [2.45, 2.75) is 16.9 Å². The van der Waals surface area contributed by atoms with Gasteiger partial charge in [-0.25, -0.2) is 0 Å². The van der Waals surface area contributed by atoms with E-state index in [-0.39, 0.29) is 0 Å². The van der Waals surface area contributed by atoms with E-state index in [4.69, 9.17) is 16.3 Å². The van der Waals surface area contributed by atoms with Gasteiger partial charge in [-0.3, -0.25) is 0 Å². The molecule has 0 saturated heterocycles. The van der Waals surface area contributed by atoms with Crippen LogP contribution in [0.25, 0.3) is 16.5 Å². The van der Waals surface area contributed by atoms with Crippen molar-refractivity contribution in [2.75, 3.05) is 33.9 Å². The van der Waals surface area contributed by atoms with Crippen molar-refractivity contribution in [3.63, 3.8) is 0 Å². The second kappa shape index (κ2) is 8.54. The van der Waals surface area contributed by atoms with Crippen molar-refractivity contribution in [1.29, 1.82) is 0 Å². The number of nitrogens with zero attached hydrogens (tertiary/aromatic N) is 1. The summed E-state index contributed by atoms with van der Waals surface area (Å²) < 4.78 is 5.95. The van der Waals surface area contributed by atoms with Crippen molar-refractivity contribution in [3.05, 3.63) is 63.5 Å². The SMILES string of the molecule is CN(C)CCCOCC1C=CC2=CC=Cc3c(cc4cc(Cl)csc3-4)C2S1. The zero-order chi connectivity index (χ0) is 18.8. The van der Waals surface area contributed by atoms with Crippen LogP contribution in [0.3, 0.4) is 0 Å². The minimum Gasteiger partial charge on any atom is -0.380 e. The lowest BCUT2D eigenvalue weighted by Crippen LogP contribution is -2.18. The van der Waals surface area contributed by atoms with Crippen LogP contribution < -0.4 is 0 Å². The standard InChI is InChI=1S/C22H24ClNOS2/c1-24(2)9-4-10-25-13-18-8-7-15-5-3-6-19-20(22(15)27-18)12-16-11-17(23)14-26-21(16)19/h3,5-8,11-12,14,18,22H,4,9-10,13H2,1-2H3. The summed E-state index contributed by atoms with van der Waals surface area (Å²) in [4.78, 5) is 3.52. The maximum absolute atomic E-state index is 6.22. The molecule has 2 atom stereocenters. The van der Waals surface area contributed by atoms with E-state index >= 15 is 0 Å². The van der Waals surface area contributed by atoms with E-state index in [9.17, 15) is 0 Å². The van der Waals surface area contributed by atoms with Gasteiger partial charge in [-0.2, -0.15) is 0 Å². The summed E-state index contributed by atoms with van der Waals surface area (Å²) in [7, 11) is 4.20. The van der Waals surface area contributed by atoms with E-state index < -0.39 is 0 Å². The minimum absolute atomic E-state index is 0.355. The van der Waals surface area contributed by atoms with Crippen LogP contribution in [-0.2, 0) is 4.74 Å². The molecular weight excluding hydrogens is 394 g/mol. The molecule has 4 rings (SSSR count). The Bertz CT molecular complexity index is 867. The Hall–Kier alpha value is -1.04. The summed E-state index contributed by atoms with van der Waals surface area (Å²) in [5.41, 5.74) is 5.35. The number of fused-ring (bicyclic) bond motifs is 5. The van der Waals surface area contributed by atoms with Crippen LogP contribution in [0.1, 0.15) is 22.8 Å². The average molecular weight is 418 g/mol. The molecule has 142 valence electrons. The molecule has 27 heavy (non-hydrogen) atoms. The van der Waals surface area contributed by atoms with Crippen LogP contribution in [0.15, 0.2) is 47.4 Å².